The highest BCUT2D eigenvalue weighted by Crippen LogP contribution is 2.29. The minimum atomic E-state index is -4.23. The van der Waals surface area contributed by atoms with Crippen molar-refractivity contribution in [2.45, 2.75) is 4.90 Å². The highest BCUT2D eigenvalue weighted by atomic mass is 35.5. The number of sulfonamides is 1. The molecule has 1 amide bonds. The molecule has 0 fully saturated rings. The summed E-state index contributed by atoms with van der Waals surface area (Å²) < 4.78 is 32.9. The van der Waals surface area contributed by atoms with Crippen molar-refractivity contribution in [2.75, 3.05) is 17.1 Å². The Hall–Kier alpha value is -3.63. The number of nitrogens with one attached hydrogen (secondary N) is 2. The summed E-state index contributed by atoms with van der Waals surface area (Å²) in [5.41, 5.74) is 0.00309. The summed E-state index contributed by atoms with van der Waals surface area (Å²) in [6, 6.07) is 15.7. The first-order valence-corrected chi connectivity index (χ1v) is 10.6. The van der Waals surface area contributed by atoms with Gasteiger partial charge in [-0.3, -0.25) is 19.6 Å². The lowest BCUT2D eigenvalue weighted by molar-refractivity contribution is -0.384. The topological polar surface area (TPSA) is 128 Å². The number of halogens is 1. The average Bonchev–Trinajstić information content (AvgIpc) is 2.74. The second-order valence-electron chi connectivity index (χ2n) is 6.20. The number of rotatable bonds is 7. The van der Waals surface area contributed by atoms with Crippen molar-refractivity contribution in [1.29, 1.82) is 0 Å². The van der Waals surface area contributed by atoms with Crippen LogP contribution < -0.4 is 14.8 Å². The predicted octanol–water partition coefficient (Wildman–Crippen LogP) is 4.31. The van der Waals surface area contributed by atoms with E-state index in [0.717, 1.165) is 18.2 Å². The lowest BCUT2D eigenvalue weighted by atomic mass is 10.1. The Balaban J connectivity index is 1.88. The van der Waals surface area contributed by atoms with Crippen LogP contribution in [0.25, 0.3) is 0 Å². The molecular weight excluding hydrogens is 446 g/mol. The standard InChI is InChI=1S/C20H16ClN3O6S/c1-30-14-8-6-13(7-9-14)22-20(25)16-4-2-3-5-18(16)23-31(28,29)15-10-11-17(21)19(12-15)24(26)27/h2-12,23H,1H3,(H,22,25). The summed E-state index contributed by atoms with van der Waals surface area (Å²) in [4.78, 5) is 22.6. The molecule has 0 unspecified atom stereocenters. The van der Waals surface area contributed by atoms with E-state index in [1.165, 1.54) is 19.2 Å². The lowest BCUT2D eigenvalue weighted by Gasteiger charge is -2.13. The first kappa shape index (κ1) is 22.1. The van der Waals surface area contributed by atoms with Crippen LogP contribution in [0.1, 0.15) is 10.4 Å². The van der Waals surface area contributed by atoms with E-state index in [0.29, 0.717) is 11.4 Å². The zero-order valence-electron chi connectivity index (χ0n) is 16.0. The number of methoxy groups -OCH3 is 1. The van der Waals surface area contributed by atoms with Crippen molar-refractivity contribution in [3.8, 4) is 5.75 Å². The SMILES string of the molecule is COc1ccc(NC(=O)c2ccccc2NS(=O)(=O)c2ccc(Cl)c([N+](=O)[O-])c2)cc1. The Morgan fingerprint density at radius 1 is 1.06 bits per heavy atom. The minimum absolute atomic E-state index is 0.00566. The number of anilines is 2. The predicted molar refractivity (Wildman–Crippen MR) is 116 cm³/mol. The Labute approximate surface area is 182 Å². The molecule has 2 N–H and O–H groups in total. The second-order valence-corrected chi connectivity index (χ2v) is 8.29. The van der Waals surface area contributed by atoms with Crippen LogP contribution in [-0.4, -0.2) is 26.4 Å². The molecule has 0 spiro atoms. The van der Waals surface area contributed by atoms with Crippen molar-refractivity contribution in [2.24, 2.45) is 0 Å². The van der Waals surface area contributed by atoms with Crippen LogP contribution in [-0.2, 0) is 10.0 Å². The summed E-state index contributed by atoms with van der Waals surface area (Å²) in [6.07, 6.45) is 0. The van der Waals surface area contributed by atoms with Gasteiger partial charge in [0.15, 0.2) is 0 Å². The molecule has 160 valence electrons. The number of nitro benzene ring substituents is 1. The summed E-state index contributed by atoms with van der Waals surface area (Å²) in [7, 11) is -2.71. The maximum absolute atomic E-state index is 12.8. The normalized spacial score (nSPS) is 10.9. The van der Waals surface area contributed by atoms with E-state index < -0.39 is 26.5 Å². The quantitative estimate of drug-likeness (QED) is 0.398. The van der Waals surface area contributed by atoms with E-state index in [9.17, 15) is 23.3 Å². The monoisotopic (exact) mass is 461 g/mol. The average molecular weight is 462 g/mol. The van der Waals surface area contributed by atoms with Crippen molar-refractivity contribution in [1.82, 2.24) is 0 Å². The molecule has 3 aromatic carbocycles. The molecule has 0 heterocycles. The highest BCUT2D eigenvalue weighted by molar-refractivity contribution is 7.92. The third-order valence-corrected chi connectivity index (χ3v) is 5.87. The summed E-state index contributed by atoms with van der Waals surface area (Å²) >= 11 is 5.75. The number of carbonyl (C=O) groups excluding carboxylic acids is 1. The Morgan fingerprint density at radius 3 is 2.39 bits per heavy atom. The van der Waals surface area contributed by atoms with Crippen LogP contribution in [0.15, 0.2) is 71.6 Å². The summed E-state index contributed by atoms with van der Waals surface area (Å²) in [6.45, 7) is 0. The molecule has 3 rings (SSSR count). The van der Waals surface area contributed by atoms with Crippen molar-refractivity contribution in [3.05, 3.63) is 87.4 Å². The summed E-state index contributed by atoms with van der Waals surface area (Å²) in [5, 5.41) is 13.5. The first-order chi connectivity index (χ1) is 14.7. The Morgan fingerprint density at radius 2 is 1.74 bits per heavy atom. The minimum Gasteiger partial charge on any atom is -0.497 e. The second kappa shape index (κ2) is 9.02. The molecule has 0 saturated carbocycles. The number of nitro groups is 1. The van der Waals surface area contributed by atoms with Gasteiger partial charge in [-0.25, -0.2) is 8.42 Å². The largest absolute Gasteiger partial charge is 0.497 e. The van der Waals surface area contributed by atoms with E-state index in [-0.39, 0.29) is 21.2 Å². The molecule has 11 heteroatoms. The third-order valence-electron chi connectivity index (χ3n) is 4.19. The Kier molecular flexibility index (Phi) is 6.42. The number of nitrogens with zero attached hydrogens (tertiary/aromatic N) is 1. The van der Waals surface area contributed by atoms with Gasteiger partial charge >= 0.3 is 0 Å². The smallest absolute Gasteiger partial charge is 0.289 e. The molecule has 0 aliphatic heterocycles. The number of carbonyl (C=O) groups is 1. The van der Waals surface area contributed by atoms with Crippen LogP contribution in [0, 0.1) is 10.1 Å². The number of ether oxygens (including phenoxy) is 1. The maximum atomic E-state index is 12.8. The molecular formula is C20H16ClN3O6S. The summed E-state index contributed by atoms with van der Waals surface area (Å²) in [5.74, 6) is 0.0637. The number of benzene rings is 3. The number of hydrogen-bond donors (Lipinski definition) is 2. The van der Waals surface area contributed by atoms with Gasteiger partial charge in [-0.1, -0.05) is 23.7 Å². The molecule has 0 aromatic heterocycles. The molecule has 0 bridgehead atoms. The molecule has 0 saturated heterocycles. The first-order valence-electron chi connectivity index (χ1n) is 8.72. The number of para-hydroxylation sites is 1. The van der Waals surface area contributed by atoms with Gasteiger partial charge in [-0.2, -0.15) is 0 Å². The van der Waals surface area contributed by atoms with Gasteiger partial charge in [0.25, 0.3) is 21.6 Å². The van der Waals surface area contributed by atoms with Gasteiger partial charge in [0, 0.05) is 11.8 Å². The van der Waals surface area contributed by atoms with Gasteiger partial charge in [-0.15, -0.1) is 0 Å². The fraction of sp³-hybridized carbons (Fsp3) is 0.0500. The van der Waals surface area contributed by atoms with Crippen LogP contribution in [0.3, 0.4) is 0 Å². The number of hydrogen-bond acceptors (Lipinski definition) is 6. The van der Waals surface area contributed by atoms with Gasteiger partial charge in [0.1, 0.15) is 10.8 Å². The zero-order valence-corrected chi connectivity index (χ0v) is 17.6. The van der Waals surface area contributed by atoms with Gasteiger partial charge in [0.2, 0.25) is 0 Å². The molecule has 3 aromatic rings. The Bertz CT molecular complexity index is 1250. The van der Waals surface area contributed by atoms with Crippen LogP contribution in [0.4, 0.5) is 17.1 Å². The van der Waals surface area contributed by atoms with Crippen LogP contribution in [0.5, 0.6) is 5.75 Å². The van der Waals surface area contributed by atoms with E-state index in [1.54, 1.807) is 36.4 Å². The lowest BCUT2D eigenvalue weighted by Crippen LogP contribution is -2.18. The zero-order chi connectivity index (χ0) is 22.6. The third kappa shape index (κ3) is 5.11. The van der Waals surface area contributed by atoms with Crippen molar-refractivity contribution >= 4 is 44.6 Å². The van der Waals surface area contributed by atoms with Gasteiger partial charge in [0.05, 0.1) is 28.2 Å². The molecule has 31 heavy (non-hydrogen) atoms. The molecule has 0 radical (unpaired) electrons. The van der Waals surface area contributed by atoms with Crippen molar-refractivity contribution in [3.63, 3.8) is 0 Å². The fourth-order valence-corrected chi connectivity index (χ4v) is 3.93. The van der Waals surface area contributed by atoms with Gasteiger partial charge in [-0.05, 0) is 48.5 Å². The van der Waals surface area contributed by atoms with E-state index in [1.807, 2.05) is 0 Å². The van der Waals surface area contributed by atoms with E-state index in [4.69, 9.17) is 16.3 Å². The maximum Gasteiger partial charge on any atom is 0.289 e. The van der Waals surface area contributed by atoms with Crippen LogP contribution >= 0.6 is 11.6 Å². The van der Waals surface area contributed by atoms with E-state index >= 15 is 0 Å². The molecule has 9 nitrogen and oxygen atoms in total. The van der Waals surface area contributed by atoms with Crippen LogP contribution in [0.2, 0.25) is 5.02 Å². The molecule has 0 aliphatic carbocycles. The fourth-order valence-electron chi connectivity index (χ4n) is 2.65. The van der Waals surface area contributed by atoms with E-state index in [2.05, 4.69) is 10.0 Å². The highest BCUT2D eigenvalue weighted by Gasteiger charge is 2.22. The molecule has 0 atom stereocenters. The molecule has 0 aliphatic rings. The van der Waals surface area contributed by atoms with Crippen molar-refractivity contribution < 1.29 is 22.9 Å². The number of amides is 1. The van der Waals surface area contributed by atoms with Gasteiger partial charge < -0.3 is 10.1 Å².